The van der Waals surface area contributed by atoms with Crippen molar-refractivity contribution in [3.8, 4) is 0 Å². The van der Waals surface area contributed by atoms with Crippen LogP contribution in [0, 0.1) is 0 Å². The first kappa shape index (κ1) is 13.7. The molecule has 1 N–H and O–H groups in total. The van der Waals surface area contributed by atoms with E-state index in [4.69, 9.17) is 4.74 Å². The molecule has 0 bridgehead atoms. The third kappa shape index (κ3) is 6.29. The van der Waals surface area contributed by atoms with Crippen LogP contribution in [0.3, 0.4) is 0 Å². The number of hydrogen-bond acceptors (Lipinski definition) is 2. The van der Waals surface area contributed by atoms with Gasteiger partial charge in [-0.05, 0) is 32.7 Å². The first-order valence-electron chi connectivity index (χ1n) is 6.82. The molecule has 1 aliphatic heterocycles. The molecule has 0 aromatic rings. The molecular formula is C14H27NO. The second kappa shape index (κ2) is 8.77. The van der Waals surface area contributed by atoms with Gasteiger partial charge in [0, 0.05) is 6.04 Å². The third-order valence-electron chi connectivity index (χ3n) is 3.24. The van der Waals surface area contributed by atoms with Gasteiger partial charge in [-0.25, -0.2) is 0 Å². The number of nitrogens with one attached hydrogen (secondary N) is 1. The lowest BCUT2D eigenvalue weighted by Gasteiger charge is -2.16. The summed E-state index contributed by atoms with van der Waals surface area (Å²) >= 11 is 0. The Labute approximate surface area is 100 Å². The monoisotopic (exact) mass is 225 g/mol. The summed E-state index contributed by atoms with van der Waals surface area (Å²) in [7, 11) is 0. The van der Waals surface area contributed by atoms with Gasteiger partial charge >= 0.3 is 0 Å². The average Bonchev–Trinajstić information content (AvgIpc) is 2.31. The second-order valence-electron chi connectivity index (χ2n) is 4.79. The normalized spacial score (nSPS) is 18.2. The van der Waals surface area contributed by atoms with Crippen molar-refractivity contribution < 1.29 is 4.74 Å². The van der Waals surface area contributed by atoms with Crippen molar-refractivity contribution in [2.24, 2.45) is 0 Å². The number of rotatable bonds is 8. The summed E-state index contributed by atoms with van der Waals surface area (Å²) in [5, 5.41) is 3.61. The summed E-state index contributed by atoms with van der Waals surface area (Å²) in [5.41, 5.74) is 1.57. The Morgan fingerprint density at radius 1 is 1.44 bits per heavy atom. The van der Waals surface area contributed by atoms with Crippen molar-refractivity contribution >= 4 is 0 Å². The highest BCUT2D eigenvalue weighted by Crippen LogP contribution is 2.11. The Hall–Kier alpha value is -0.340. The van der Waals surface area contributed by atoms with Crippen LogP contribution in [0.15, 0.2) is 11.6 Å². The average molecular weight is 225 g/mol. The van der Waals surface area contributed by atoms with Crippen molar-refractivity contribution in [2.75, 3.05) is 19.8 Å². The van der Waals surface area contributed by atoms with Crippen molar-refractivity contribution in [2.45, 2.75) is 58.4 Å². The molecule has 1 heterocycles. The molecule has 0 aromatic carbocycles. The molecule has 94 valence electrons. The van der Waals surface area contributed by atoms with Gasteiger partial charge in [0.1, 0.15) is 0 Å². The Balaban J connectivity index is 1.99. The van der Waals surface area contributed by atoms with Crippen LogP contribution < -0.4 is 5.32 Å². The van der Waals surface area contributed by atoms with E-state index in [1.54, 1.807) is 5.57 Å². The van der Waals surface area contributed by atoms with Gasteiger partial charge in [-0.3, -0.25) is 0 Å². The summed E-state index contributed by atoms with van der Waals surface area (Å²) in [6, 6.07) is 0.673. The fraction of sp³-hybridized carbons (Fsp3) is 0.857. The van der Waals surface area contributed by atoms with Crippen molar-refractivity contribution in [3.05, 3.63) is 11.6 Å². The molecule has 1 unspecified atom stereocenters. The number of unbranched alkanes of at least 4 members (excludes halogenated alkanes) is 2. The molecule has 0 fully saturated rings. The molecule has 1 rings (SSSR count). The van der Waals surface area contributed by atoms with E-state index in [9.17, 15) is 0 Å². The molecule has 0 amide bonds. The van der Waals surface area contributed by atoms with Gasteiger partial charge in [-0.15, -0.1) is 0 Å². The molecule has 1 aliphatic rings. The Morgan fingerprint density at radius 2 is 2.31 bits per heavy atom. The molecule has 0 aliphatic carbocycles. The van der Waals surface area contributed by atoms with E-state index < -0.39 is 0 Å². The van der Waals surface area contributed by atoms with Gasteiger partial charge in [-0.2, -0.15) is 0 Å². The lowest BCUT2D eigenvalue weighted by Crippen LogP contribution is -2.27. The Bertz CT molecular complexity index is 201. The number of ether oxygens (including phenoxy) is 1. The van der Waals surface area contributed by atoms with E-state index in [2.05, 4.69) is 25.2 Å². The highest BCUT2D eigenvalue weighted by molar-refractivity contribution is 5.04. The summed E-state index contributed by atoms with van der Waals surface area (Å²) in [6.45, 7) is 7.42. The Morgan fingerprint density at radius 3 is 3.00 bits per heavy atom. The maximum atomic E-state index is 5.30. The standard InChI is InChI=1S/C14H27NO/c1-3-4-5-6-13(2)15-10-7-14-8-11-16-12-9-14/h8,13,15H,3-7,9-12H2,1-2H3. The highest BCUT2D eigenvalue weighted by Gasteiger charge is 2.04. The highest BCUT2D eigenvalue weighted by atomic mass is 16.5. The van der Waals surface area contributed by atoms with E-state index in [0.29, 0.717) is 6.04 Å². The number of hydrogen-bond donors (Lipinski definition) is 1. The summed E-state index contributed by atoms with van der Waals surface area (Å²) in [6.07, 6.45) is 9.94. The molecule has 2 nitrogen and oxygen atoms in total. The predicted molar refractivity (Wildman–Crippen MR) is 69.7 cm³/mol. The minimum absolute atomic E-state index is 0.673. The van der Waals surface area contributed by atoms with Gasteiger partial charge < -0.3 is 10.1 Å². The van der Waals surface area contributed by atoms with Crippen LogP contribution in [0.4, 0.5) is 0 Å². The van der Waals surface area contributed by atoms with Gasteiger partial charge in [0.15, 0.2) is 0 Å². The molecule has 0 aromatic heterocycles. The Kier molecular flexibility index (Phi) is 7.52. The fourth-order valence-corrected chi connectivity index (χ4v) is 2.07. The lowest BCUT2D eigenvalue weighted by atomic mass is 10.1. The summed E-state index contributed by atoms with van der Waals surface area (Å²) in [5.74, 6) is 0. The van der Waals surface area contributed by atoms with E-state index in [1.165, 1.54) is 32.1 Å². The molecule has 0 saturated carbocycles. The summed E-state index contributed by atoms with van der Waals surface area (Å²) < 4.78 is 5.30. The van der Waals surface area contributed by atoms with Crippen LogP contribution in [0.1, 0.15) is 52.4 Å². The van der Waals surface area contributed by atoms with E-state index in [-0.39, 0.29) is 0 Å². The fourth-order valence-electron chi connectivity index (χ4n) is 2.07. The molecule has 1 atom stereocenters. The maximum absolute atomic E-state index is 5.30. The quantitative estimate of drug-likeness (QED) is 0.505. The van der Waals surface area contributed by atoms with Gasteiger partial charge in [0.25, 0.3) is 0 Å². The lowest BCUT2D eigenvalue weighted by molar-refractivity contribution is 0.153. The second-order valence-corrected chi connectivity index (χ2v) is 4.79. The third-order valence-corrected chi connectivity index (χ3v) is 3.24. The zero-order chi connectivity index (χ0) is 11.6. The van der Waals surface area contributed by atoms with Crippen LogP contribution in [-0.2, 0) is 4.74 Å². The van der Waals surface area contributed by atoms with Crippen molar-refractivity contribution in [1.82, 2.24) is 5.32 Å². The minimum atomic E-state index is 0.673. The minimum Gasteiger partial charge on any atom is -0.377 e. The molecule has 0 saturated heterocycles. The SMILES string of the molecule is CCCCCC(C)NCCC1=CCOCC1. The zero-order valence-corrected chi connectivity index (χ0v) is 10.9. The first-order valence-corrected chi connectivity index (χ1v) is 6.82. The molecule has 16 heavy (non-hydrogen) atoms. The van der Waals surface area contributed by atoms with Crippen LogP contribution in [-0.4, -0.2) is 25.8 Å². The van der Waals surface area contributed by atoms with Crippen LogP contribution in [0.2, 0.25) is 0 Å². The largest absolute Gasteiger partial charge is 0.377 e. The maximum Gasteiger partial charge on any atom is 0.0650 e. The topological polar surface area (TPSA) is 21.3 Å². The van der Waals surface area contributed by atoms with Gasteiger partial charge in [-0.1, -0.05) is 37.8 Å². The molecule has 0 radical (unpaired) electrons. The van der Waals surface area contributed by atoms with E-state index >= 15 is 0 Å². The van der Waals surface area contributed by atoms with E-state index in [1.807, 2.05) is 0 Å². The van der Waals surface area contributed by atoms with Crippen molar-refractivity contribution in [1.29, 1.82) is 0 Å². The smallest absolute Gasteiger partial charge is 0.0650 e. The van der Waals surface area contributed by atoms with Crippen molar-refractivity contribution in [3.63, 3.8) is 0 Å². The zero-order valence-electron chi connectivity index (χ0n) is 10.9. The molecule has 2 heteroatoms. The predicted octanol–water partition coefficient (Wildman–Crippen LogP) is 3.28. The van der Waals surface area contributed by atoms with Crippen LogP contribution in [0.25, 0.3) is 0 Å². The van der Waals surface area contributed by atoms with Gasteiger partial charge in [0.2, 0.25) is 0 Å². The summed E-state index contributed by atoms with van der Waals surface area (Å²) in [4.78, 5) is 0. The van der Waals surface area contributed by atoms with Gasteiger partial charge in [0.05, 0.1) is 13.2 Å². The van der Waals surface area contributed by atoms with Crippen LogP contribution >= 0.6 is 0 Å². The first-order chi connectivity index (χ1) is 7.83. The molecular weight excluding hydrogens is 198 g/mol. The van der Waals surface area contributed by atoms with E-state index in [0.717, 1.165) is 26.2 Å². The molecule has 0 spiro atoms. The van der Waals surface area contributed by atoms with Crippen LogP contribution in [0.5, 0.6) is 0 Å².